The van der Waals surface area contributed by atoms with Crippen LogP contribution in [0.15, 0.2) is 0 Å². The first-order valence-corrected chi connectivity index (χ1v) is 8.17. The van der Waals surface area contributed by atoms with Gasteiger partial charge < -0.3 is 10.2 Å². The van der Waals surface area contributed by atoms with Crippen LogP contribution in [-0.2, 0) is 0 Å². The minimum atomic E-state index is 0.753. The second kappa shape index (κ2) is 6.91. The quantitative estimate of drug-likeness (QED) is 0.808. The third-order valence-electron chi connectivity index (χ3n) is 4.79. The van der Waals surface area contributed by atoms with E-state index in [-0.39, 0.29) is 0 Å². The molecule has 3 unspecified atom stereocenters. The van der Waals surface area contributed by atoms with Gasteiger partial charge in [-0.25, -0.2) is 0 Å². The van der Waals surface area contributed by atoms with Crippen molar-refractivity contribution < 1.29 is 0 Å². The van der Waals surface area contributed by atoms with E-state index in [0.29, 0.717) is 0 Å². The molecule has 2 nitrogen and oxygen atoms in total. The Hall–Kier alpha value is -0.0800. The predicted octanol–water partition coefficient (Wildman–Crippen LogP) is 3.28. The third kappa shape index (κ3) is 3.96. The number of nitrogens with zero attached hydrogens (tertiary/aromatic N) is 1. The molecule has 1 heterocycles. The summed E-state index contributed by atoms with van der Waals surface area (Å²) >= 11 is 0. The van der Waals surface area contributed by atoms with E-state index in [9.17, 15) is 0 Å². The fourth-order valence-corrected chi connectivity index (χ4v) is 3.88. The zero-order chi connectivity index (χ0) is 13.0. The molecule has 0 aromatic rings. The van der Waals surface area contributed by atoms with Gasteiger partial charge in [-0.05, 0) is 44.1 Å². The zero-order valence-electron chi connectivity index (χ0n) is 12.6. The van der Waals surface area contributed by atoms with Gasteiger partial charge in [0, 0.05) is 25.2 Å². The third-order valence-corrected chi connectivity index (χ3v) is 4.79. The highest BCUT2D eigenvalue weighted by Gasteiger charge is 2.31. The summed E-state index contributed by atoms with van der Waals surface area (Å²) in [6.45, 7) is 10.7. The lowest BCUT2D eigenvalue weighted by Gasteiger charge is -2.42. The number of piperidine rings is 1. The molecule has 106 valence electrons. The second-order valence-electron chi connectivity index (χ2n) is 6.84. The normalized spacial score (nSPS) is 32.8. The summed E-state index contributed by atoms with van der Waals surface area (Å²) in [5, 5.41) is 3.95. The van der Waals surface area contributed by atoms with Crippen LogP contribution in [-0.4, -0.2) is 36.6 Å². The Morgan fingerprint density at radius 2 is 1.89 bits per heavy atom. The van der Waals surface area contributed by atoms with E-state index in [0.717, 1.165) is 23.9 Å². The molecule has 0 spiro atoms. The highest BCUT2D eigenvalue weighted by atomic mass is 15.2. The van der Waals surface area contributed by atoms with Gasteiger partial charge >= 0.3 is 0 Å². The first-order valence-electron chi connectivity index (χ1n) is 8.17. The maximum atomic E-state index is 3.95. The molecule has 2 fully saturated rings. The molecule has 0 radical (unpaired) electrons. The molecule has 0 amide bonds. The van der Waals surface area contributed by atoms with E-state index in [4.69, 9.17) is 0 Å². The summed E-state index contributed by atoms with van der Waals surface area (Å²) in [4.78, 5) is 2.63. The molecule has 2 aliphatic rings. The van der Waals surface area contributed by atoms with E-state index < -0.39 is 0 Å². The van der Waals surface area contributed by atoms with Crippen molar-refractivity contribution in [1.29, 1.82) is 0 Å². The largest absolute Gasteiger partial charge is 0.310 e. The summed E-state index contributed by atoms with van der Waals surface area (Å²) in [6.07, 6.45) is 8.70. The summed E-state index contributed by atoms with van der Waals surface area (Å²) in [5.74, 6) is 1.78. The van der Waals surface area contributed by atoms with Crippen LogP contribution in [0.3, 0.4) is 0 Å². The molecule has 0 aromatic heterocycles. The smallest absolute Gasteiger partial charge is 0.0197 e. The van der Waals surface area contributed by atoms with Crippen LogP contribution in [0.4, 0.5) is 0 Å². The van der Waals surface area contributed by atoms with Gasteiger partial charge in [0.25, 0.3) is 0 Å². The highest BCUT2D eigenvalue weighted by Crippen LogP contribution is 2.32. The maximum Gasteiger partial charge on any atom is 0.0197 e. The molecule has 2 rings (SSSR count). The molecule has 1 N–H and O–H groups in total. The van der Waals surface area contributed by atoms with E-state index in [1.807, 2.05) is 0 Å². The van der Waals surface area contributed by atoms with E-state index >= 15 is 0 Å². The van der Waals surface area contributed by atoms with Crippen LogP contribution in [0.5, 0.6) is 0 Å². The molecule has 1 saturated heterocycles. The van der Waals surface area contributed by atoms with Crippen molar-refractivity contribution in [3.8, 4) is 0 Å². The molecular weight excluding hydrogens is 220 g/mol. The number of hydrogen-bond donors (Lipinski definition) is 1. The monoisotopic (exact) mass is 252 g/mol. The standard InChI is InChI=1S/C16H32N2/c1-4-18(11-13(2)3)12-15-10-9-14-7-5-6-8-16(14)17-15/h13-17H,4-12H2,1-3H3. The van der Waals surface area contributed by atoms with Gasteiger partial charge in [-0.2, -0.15) is 0 Å². The Morgan fingerprint density at radius 3 is 2.61 bits per heavy atom. The van der Waals surface area contributed by atoms with Crippen LogP contribution in [0.2, 0.25) is 0 Å². The first-order chi connectivity index (χ1) is 8.69. The molecular formula is C16H32N2. The molecule has 1 aliphatic heterocycles. The van der Waals surface area contributed by atoms with Gasteiger partial charge in [0.15, 0.2) is 0 Å². The number of nitrogens with one attached hydrogen (secondary N) is 1. The lowest BCUT2D eigenvalue weighted by molar-refractivity contribution is 0.140. The highest BCUT2D eigenvalue weighted by molar-refractivity contribution is 4.90. The fourth-order valence-electron chi connectivity index (χ4n) is 3.88. The molecule has 18 heavy (non-hydrogen) atoms. The molecule has 3 atom stereocenters. The van der Waals surface area contributed by atoms with Gasteiger partial charge in [-0.1, -0.05) is 33.6 Å². The molecule has 0 aromatic carbocycles. The Kier molecular flexibility index (Phi) is 5.50. The summed E-state index contributed by atoms with van der Waals surface area (Å²) in [7, 11) is 0. The summed E-state index contributed by atoms with van der Waals surface area (Å²) in [6, 6.07) is 1.60. The van der Waals surface area contributed by atoms with Crippen LogP contribution in [0.25, 0.3) is 0 Å². The summed E-state index contributed by atoms with van der Waals surface area (Å²) < 4.78 is 0. The van der Waals surface area contributed by atoms with Gasteiger partial charge in [0.2, 0.25) is 0 Å². The van der Waals surface area contributed by atoms with E-state index in [1.165, 1.54) is 58.2 Å². The van der Waals surface area contributed by atoms with Gasteiger partial charge in [0.1, 0.15) is 0 Å². The summed E-state index contributed by atoms with van der Waals surface area (Å²) in [5.41, 5.74) is 0. The zero-order valence-corrected chi connectivity index (χ0v) is 12.6. The average molecular weight is 252 g/mol. The van der Waals surface area contributed by atoms with Crippen molar-refractivity contribution in [2.45, 2.75) is 71.4 Å². The minimum Gasteiger partial charge on any atom is -0.310 e. The SMILES string of the molecule is CCN(CC(C)C)CC1CCC2CCCCC2N1. The van der Waals surface area contributed by atoms with Crippen LogP contribution < -0.4 is 5.32 Å². The fraction of sp³-hybridized carbons (Fsp3) is 1.00. The van der Waals surface area contributed by atoms with E-state index in [1.54, 1.807) is 0 Å². The molecule has 2 heteroatoms. The number of rotatable bonds is 5. The number of hydrogen-bond acceptors (Lipinski definition) is 2. The Balaban J connectivity index is 1.79. The van der Waals surface area contributed by atoms with Crippen LogP contribution >= 0.6 is 0 Å². The topological polar surface area (TPSA) is 15.3 Å². The maximum absolute atomic E-state index is 3.95. The van der Waals surface area contributed by atoms with Crippen molar-refractivity contribution in [1.82, 2.24) is 10.2 Å². The van der Waals surface area contributed by atoms with Crippen molar-refractivity contribution >= 4 is 0 Å². The van der Waals surface area contributed by atoms with Crippen molar-refractivity contribution in [3.05, 3.63) is 0 Å². The Morgan fingerprint density at radius 1 is 1.11 bits per heavy atom. The van der Waals surface area contributed by atoms with Gasteiger partial charge in [-0.3, -0.25) is 0 Å². The first kappa shape index (κ1) is 14.3. The minimum absolute atomic E-state index is 0.753. The van der Waals surface area contributed by atoms with Crippen molar-refractivity contribution in [3.63, 3.8) is 0 Å². The number of fused-ring (bicyclic) bond motifs is 1. The van der Waals surface area contributed by atoms with Gasteiger partial charge in [-0.15, -0.1) is 0 Å². The van der Waals surface area contributed by atoms with Crippen molar-refractivity contribution in [2.75, 3.05) is 19.6 Å². The van der Waals surface area contributed by atoms with Crippen LogP contribution in [0, 0.1) is 11.8 Å². The predicted molar refractivity (Wildman–Crippen MR) is 78.9 cm³/mol. The van der Waals surface area contributed by atoms with E-state index in [2.05, 4.69) is 31.0 Å². The lowest BCUT2D eigenvalue weighted by atomic mass is 9.77. The van der Waals surface area contributed by atoms with Crippen LogP contribution in [0.1, 0.15) is 59.3 Å². The Labute approximate surface area is 114 Å². The lowest BCUT2D eigenvalue weighted by Crippen LogP contribution is -2.53. The number of likely N-dealkylation sites (N-methyl/N-ethyl adjacent to an activating group) is 1. The Bertz CT molecular complexity index is 239. The van der Waals surface area contributed by atoms with Crippen molar-refractivity contribution in [2.24, 2.45) is 11.8 Å². The molecule has 0 bridgehead atoms. The second-order valence-corrected chi connectivity index (χ2v) is 6.84. The molecule has 1 aliphatic carbocycles. The van der Waals surface area contributed by atoms with Gasteiger partial charge in [0.05, 0.1) is 0 Å². The molecule has 1 saturated carbocycles. The average Bonchev–Trinajstić information content (AvgIpc) is 2.37.